The zero-order valence-electron chi connectivity index (χ0n) is 37.3. The van der Waals surface area contributed by atoms with Crippen LogP contribution in [0.15, 0.2) is 243 Å². The van der Waals surface area contributed by atoms with Gasteiger partial charge >= 0.3 is 0 Å². The molecule has 0 fully saturated rings. The number of hydrogen-bond donors (Lipinski definition) is 0. The quantitative estimate of drug-likeness (QED) is 0.160. The third-order valence-corrected chi connectivity index (χ3v) is 13.7. The van der Waals surface area contributed by atoms with Crippen LogP contribution in [0, 0.1) is 0 Å². The van der Waals surface area contributed by atoms with Gasteiger partial charge in [-0.05, 0) is 82.9 Å². The highest BCUT2D eigenvalue weighted by molar-refractivity contribution is 6.29. The number of rotatable bonds is 7. The van der Waals surface area contributed by atoms with Crippen molar-refractivity contribution < 1.29 is 0 Å². The minimum atomic E-state index is 0.564. The summed E-state index contributed by atoms with van der Waals surface area (Å²) in [5, 5.41) is 7.09. The zero-order valence-corrected chi connectivity index (χ0v) is 37.3. The molecule has 0 aliphatic rings. The number of para-hydroxylation sites is 3. The first-order valence-corrected chi connectivity index (χ1v) is 23.4. The molecule has 322 valence electrons. The molecule has 4 heterocycles. The highest BCUT2D eigenvalue weighted by Crippen LogP contribution is 2.45. The Kier molecular flexibility index (Phi) is 8.79. The van der Waals surface area contributed by atoms with Crippen LogP contribution < -0.4 is 0 Å². The molecular formula is C63H40N6. The van der Waals surface area contributed by atoms with Crippen LogP contribution in [0.4, 0.5) is 0 Å². The second-order valence-electron chi connectivity index (χ2n) is 17.6. The van der Waals surface area contributed by atoms with Gasteiger partial charge in [0.05, 0.1) is 38.8 Å². The zero-order chi connectivity index (χ0) is 45.4. The fourth-order valence-corrected chi connectivity index (χ4v) is 10.7. The minimum absolute atomic E-state index is 0.564. The Morgan fingerprint density at radius 2 is 0.638 bits per heavy atom. The second kappa shape index (κ2) is 15.6. The normalized spacial score (nSPS) is 11.8. The van der Waals surface area contributed by atoms with Gasteiger partial charge in [-0.1, -0.05) is 182 Å². The maximum atomic E-state index is 5.23. The fourth-order valence-electron chi connectivity index (χ4n) is 10.7. The molecule has 14 aromatic rings. The van der Waals surface area contributed by atoms with E-state index in [1.807, 2.05) is 36.4 Å². The fraction of sp³-hybridized carbons (Fsp3) is 0. The first kappa shape index (κ1) is 38.8. The van der Waals surface area contributed by atoms with Crippen LogP contribution in [0.5, 0.6) is 0 Å². The minimum Gasteiger partial charge on any atom is -0.309 e. The van der Waals surface area contributed by atoms with E-state index in [1.54, 1.807) is 0 Å². The van der Waals surface area contributed by atoms with Crippen molar-refractivity contribution in [2.24, 2.45) is 0 Å². The topological polar surface area (TPSA) is 53.5 Å². The molecule has 0 saturated heterocycles. The highest BCUT2D eigenvalue weighted by atomic mass is 15.2. The number of hydrogen-bond acceptors (Lipinski definition) is 3. The van der Waals surface area contributed by atoms with E-state index < -0.39 is 0 Å². The van der Waals surface area contributed by atoms with Gasteiger partial charge in [-0.25, -0.2) is 4.98 Å². The van der Waals surface area contributed by atoms with Crippen molar-refractivity contribution in [1.82, 2.24) is 28.7 Å². The van der Waals surface area contributed by atoms with Crippen molar-refractivity contribution in [1.29, 1.82) is 0 Å². The van der Waals surface area contributed by atoms with E-state index >= 15 is 0 Å². The van der Waals surface area contributed by atoms with E-state index in [0.717, 1.165) is 66.4 Å². The maximum Gasteiger partial charge on any atom is 0.238 e. The van der Waals surface area contributed by atoms with E-state index in [4.69, 9.17) is 15.0 Å². The van der Waals surface area contributed by atoms with Crippen molar-refractivity contribution >= 4 is 65.4 Å². The van der Waals surface area contributed by atoms with Crippen LogP contribution in [0.3, 0.4) is 0 Å². The summed E-state index contributed by atoms with van der Waals surface area (Å²) in [6.07, 6.45) is 0. The van der Waals surface area contributed by atoms with Gasteiger partial charge < -0.3 is 9.13 Å². The van der Waals surface area contributed by atoms with Crippen LogP contribution in [0.25, 0.3) is 128 Å². The van der Waals surface area contributed by atoms with E-state index in [9.17, 15) is 0 Å². The van der Waals surface area contributed by atoms with Crippen molar-refractivity contribution in [3.8, 4) is 62.4 Å². The summed E-state index contributed by atoms with van der Waals surface area (Å²) >= 11 is 0. The van der Waals surface area contributed by atoms with Crippen LogP contribution in [0.1, 0.15) is 0 Å². The average molecular weight is 881 g/mol. The predicted octanol–water partition coefficient (Wildman–Crippen LogP) is 15.8. The molecule has 0 aliphatic heterocycles. The molecule has 0 bridgehead atoms. The standard InChI is InChI=1S/C63H40N6/c1-5-20-41(21-6-1)45-38-46(42-22-7-2-8-23-42)40-47(39-45)67-51-31-16-14-29-49(51)59-56(67)36-37-57-60(59)50-30-15-17-32-52(50)68(57)54-34-19-35-55-58(54)48-28-13-18-33-53(48)69(55)63-65-61(43-24-9-3-10-25-43)64-62(66-63)44-26-11-4-12-27-44/h1-40H. The lowest BCUT2D eigenvalue weighted by Gasteiger charge is -2.14. The molecule has 0 saturated carbocycles. The number of aromatic nitrogens is 6. The van der Waals surface area contributed by atoms with Gasteiger partial charge in [-0.3, -0.25) is 4.57 Å². The average Bonchev–Trinajstić information content (AvgIpc) is 4.07. The lowest BCUT2D eigenvalue weighted by molar-refractivity contribution is 0.953. The number of fused-ring (bicyclic) bond motifs is 10. The highest BCUT2D eigenvalue weighted by Gasteiger charge is 2.25. The summed E-state index contributed by atoms with van der Waals surface area (Å²) < 4.78 is 7.14. The van der Waals surface area contributed by atoms with Crippen molar-refractivity contribution in [2.45, 2.75) is 0 Å². The Morgan fingerprint density at radius 1 is 0.246 bits per heavy atom. The monoisotopic (exact) mass is 880 g/mol. The summed E-state index contributed by atoms with van der Waals surface area (Å²) in [6, 6.07) is 86.4. The Hall–Kier alpha value is -9.39. The molecule has 14 rings (SSSR count). The van der Waals surface area contributed by atoms with Crippen LogP contribution in [-0.4, -0.2) is 28.7 Å². The van der Waals surface area contributed by atoms with Gasteiger partial charge in [-0.15, -0.1) is 0 Å². The number of nitrogens with zero attached hydrogens (tertiary/aromatic N) is 6. The largest absolute Gasteiger partial charge is 0.309 e. The van der Waals surface area contributed by atoms with E-state index in [0.29, 0.717) is 17.6 Å². The molecule has 0 aliphatic carbocycles. The molecule has 0 amide bonds. The summed E-state index contributed by atoms with van der Waals surface area (Å²) in [7, 11) is 0. The molecule has 0 N–H and O–H groups in total. The SMILES string of the molecule is c1ccc(-c2cc(-c3ccccc3)cc(-n3c4ccccc4c4c5c6ccccc6n(-c6cccc7c6c6ccccc6n7-c6nc(-c7ccccc7)nc(-c7ccccc7)n6)c5ccc43)c2)cc1. The summed E-state index contributed by atoms with van der Waals surface area (Å²) in [4.78, 5) is 15.5. The first-order chi connectivity index (χ1) is 34.2. The molecule has 0 unspecified atom stereocenters. The Morgan fingerprint density at radius 3 is 1.16 bits per heavy atom. The maximum absolute atomic E-state index is 5.23. The molecule has 0 spiro atoms. The lowest BCUT2D eigenvalue weighted by Crippen LogP contribution is -2.06. The van der Waals surface area contributed by atoms with Crippen molar-refractivity contribution in [3.05, 3.63) is 243 Å². The molecule has 10 aromatic carbocycles. The molecule has 6 nitrogen and oxygen atoms in total. The van der Waals surface area contributed by atoms with E-state index in [1.165, 1.54) is 43.8 Å². The van der Waals surface area contributed by atoms with Crippen LogP contribution >= 0.6 is 0 Å². The van der Waals surface area contributed by atoms with Gasteiger partial charge in [0.25, 0.3) is 0 Å². The van der Waals surface area contributed by atoms with E-state index in [2.05, 4.69) is 220 Å². The smallest absolute Gasteiger partial charge is 0.238 e. The third kappa shape index (κ3) is 6.16. The Bertz CT molecular complexity index is 4170. The van der Waals surface area contributed by atoms with Crippen molar-refractivity contribution in [3.63, 3.8) is 0 Å². The summed E-state index contributed by atoms with van der Waals surface area (Å²) in [5.74, 6) is 1.81. The predicted molar refractivity (Wildman–Crippen MR) is 285 cm³/mol. The van der Waals surface area contributed by atoms with Gasteiger partial charge in [-0.2, -0.15) is 9.97 Å². The van der Waals surface area contributed by atoms with Crippen LogP contribution in [-0.2, 0) is 0 Å². The van der Waals surface area contributed by atoms with E-state index in [-0.39, 0.29) is 0 Å². The molecule has 0 atom stereocenters. The first-order valence-electron chi connectivity index (χ1n) is 23.4. The Labute approximate surface area is 397 Å². The van der Waals surface area contributed by atoms with Crippen molar-refractivity contribution in [2.75, 3.05) is 0 Å². The van der Waals surface area contributed by atoms with Gasteiger partial charge in [0.2, 0.25) is 5.95 Å². The molecule has 0 radical (unpaired) electrons. The van der Waals surface area contributed by atoms with Gasteiger partial charge in [0, 0.05) is 49.1 Å². The second-order valence-corrected chi connectivity index (χ2v) is 17.6. The summed E-state index contributed by atoms with van der Waals surface area (Å²) in [5.41, 5.74) is 15.4. The third-order valence-electron chi connectivity index (χ3n) is 13.7. The van der Waals surface area contributed by atoms with Crippen LogP contribution in [0.2, 0.25) is 0 Å². The molecule has 4 aromatic heterocycles. The lowest BCUT2D eigenvalue weighted by atomic mass is 9.98. The molecular weight excluding hydrogens is 841 g/mol. The number of benzene rings is 10. The molecule has 69 heavy (non-hydrogen) atoms. The Balaban J connectivity index is 1.04. The molecule has 6 heteroatoms. The van der Waals surface area contributed by atoms with Gasteiger partial charge in [0.15, 0.2) is 11.6 Å². The summed E-state index contributed by atoms with van der Waals surface area (Å²) in [6.45, 7) is 0. The van der Waals surface area contributed by atoms with Gasteiger partial charge in [0.1, 0.15) is 0 Å².